The van der Waals surface area contributed by atoms with E-state index in [1.54, 1.807) is 14.0 Å². The number of aliphatic hydroxyl groups is 1. The zero-order chi connectivity index (χ0) is 12.5. The summed E-state index contributed by atoms with van der Waals surface area (Å²) in [4.78, 5) is 0. The molecule has 0 saturated heterocycles. The SMILES string of the molecule is COCCOCCOc1ccccc1[C@@H](C)O. The molecule has 0 aliphatic heterocycles. The maximum absolute atomic E-state index is 9.55. The summed E-state index contributed by atoms with van der Waals surface area (Å²) < 4.78 is 15.7. The second kappa shape index (κ2) is 8.06. The van der Waals surface area contributed by atoms with Crippen LogP contribution in [0.2, 0.25) is 0 Å². The smallest absolute Gasteiger partial charge is 0.125 e. The molecular formula is C13H20O4. The van der Waals surface area contributed by atoms with E-state index in [1.807, 2.05) is 24.3 Å². The molecule has 0 radical (unpaired) electrons. The molecule has 4 nitrogen and oxygen atoms in total. The Kier molecular flexibility index (Phi) is 6.62. The van der Waals surface area contributed by atoms with Crippen molar-refractivity contribution in [1.82, 2.24) is 0 Å². The zero-order valence-electron chi connectivity index (χ0n) is 10.4. The molecule has 1 aromatic carbocycles. The van der Waals surface area contributed by atoms with Gasteiger partial charge in [-0.05, 0) is 13.0 Å². The summed E-state index contributed by atoms with van der Waals surface area (Å²) in [7, 11) is 1.64. The van der Waals surface area contributed by atoms with Crippen LogP contribution in [0.3, 0.4) is 0 Å². The first-order valence-corrected chi connectivity index (χ1v) is 5.72. The number of benzene rings is 1. The van der Waals surface area contributed by atoms with Gasteiger partial charge in [0.05, 0.1) is 25.9 Å². The Bertz CT molecular complexity index is 312. The van der Waals surface area contributed by atoms with Gasteiger partial charge in [0.25, 0.3) is 0 Å². The van der Waals surface area contributed by atoms with Gasteiger partial charge in [-0.1, -0.05) is 18.2 Å². The summed E-state index contributed by atoms with van der Waals surface area (Å²) in [6.07, 6.45) is -0.527. The minimum Gasteiger partial charge on any atom is -0.491 e. The fourth-order valence-electron chi connectivity index (χ4n) is 1.41. The minimum absolute atomic E-state index is 0.466. The average molecular weight is 240 g/mol. The summed E-state index contributed by atoms with van der Waals surface area (Å²) in [5.74, 6) is 0.706. The number of para-hydroxylation sites is 1. The summed E-state index contributed by atoms with van der Waals surface area (Å²) >= 11 is 0. The zero-order valence-corrected chi connectivity index (χ0v) is 10.4. The second-order valence-corrected chi connectivity index (χ2v) is 3.67. The van der Waals surface area contributed by atoms with Crippen LogP contribution in [0.5, 0.6) is 5.75 Å². The lowest BCUT2D eigenvalue weighted by molar-refractivity contribution is 0.0538. The Morgan fingerprint density at radius 2 is 1.82 bits per heavy atom. The Morgan fingerprint density at radius 1 is 1.12 bits per heavy atom. The lowest BCUT2D eigenvalue weighted by atomic mass is 10.1. The van der Waals surface area contributed by atoms with Gasteiger partial charge in [0.2, 0.25) is 0 Å². The van der Waals surface area contributed by atoms with Crippen LogP contribution in [0.25, 0.3) is 0 Å². The van der Waals surface area contributed by atoms with Crippen molar-refractivity contribution in [1.29, 1.82) is 0 Å². The van der Waals surface area contributed by atoms with Gasteiger partial charge in [0, 0.05) is 12.7 Å². The molecule has 1 N–H and O–H groups in total. The van der Waals surface area contributed by atoms with Gasteiger partial charge < -0.3 is 19.3 Å². The number of hydrogen-bond donors (Lipinski definition) is 1. The molecular weight excluding hydrogens is 220 g/mol. The normalized spacial score (nSPS) is 12.4. The highest BCUT2D eigenvalue weighted by atomic mass is 16.5. The average Bonchev–Trinajstić information content (AvgIpc) is 2.34. The van der Waals surface area contributed by atoms with E-state index in [0.29, 0.717) is 32.2 Å². The van der Waals surface area contributed by atoms with Gasteiger partial charge in [-0.25, -0.2) is 0 Å². The number of ether oxygens (including phenoxy) is 3. The van der Waals surface area contributed by atoms with E-state index in [-0.39, 0.29) is 0 Å². The highest BCUT2D eigenvalue weighted by molar-refractivity contribution is 5.34. The summed E-state index contributed by atoms with van der Waals surface area (Å²) in [6.45, 7) is 3.85. The molecule has 0 aliphatic carbocycles. The molecule has 0 saturated carbocycles. The summed E-state index contributed by atoms with van der Waals surface area (Å²) in [6, 6.07) is 7.46. The van der Waals surface area contributed by atoms with E-state index in [0.717, 1.165) is 5.56 Å². The predicted octanol–water partition coefficient (Wildman–Crippen LogP) is 1.78. The molecule has 0 unspecified atom stereocenters. The molecule has 0 heterocycles. The van der Waals surface area contributed by atoms with Crippen LogP contribution in [0.4, 0.5) is 0 Å². The fourth-order valence-corrected chi connectivity index (χ4v) is 1.41. The van der Waals surface area contributed by atoms with Crippen LogP contribution in [0.15, 0.2) is 24.3 Å². The van der Waals surface area contributed by atoms with Gasteiger partial charge >= 0.3 is 0 Å². The molecule has 0 fully saturated rings. The topological polar surface area (TPSA) is 47.9 Å². The first kappa shape index (κ1) is 14.0. The Hall–Kier alpha value is -1.10. The Balaban J connectivity index is 2.31. The van der Waals surface area contributed by atoms with Crippen molar-refractivity contribution in [3.05, 3.63) is 29.8 Å². The molecule has 1 atom stereocenters. The highest BCUT2D eigenvalue weighted by Gasteiger charge is 2.07. The highest BCUT2D eigenvalue weighted by Crippen LogP contribution is 2.24. The molecule has 0 spiro atoms. The monoisotopic (exact) mass is 240 g/mol. The van der Waals surface area contributed by atoms with Crippen molar-refractivity contribution in [2.75, 3.05) is 33.5 Å². The van der Waals surface area contributed by atoms with Crippen LogP contribution >= 0.6 is 0 Å². The molecule has 1 rings (SSSR count). The van der Waals surface area contributed by atoms with E-state index in [2.05, 4.69) is 0 Å². The van der Waals surface area contributed by atoms with Crippen LogP contribution in [-0.4, -0.2) is 38.6 Å². The van der Waals surface area contributed by atoms with Crippen molar-refractivity contribution in [3.8, 4) is 5.75 Å². The lowest BCUT2D eigenvalue weighted by Gasteiger charge is -2.13. The number of methoxy groups -OCH3 is 1. The molecule has 0 aliphatic rings. The summed E-state index contributed by atoms with van der Waals surface area (Å²) in [5.41, 5.74) is 0.796. The molecule has 1 aromatic rings. The molecule has 96 valence electrons. The van der Waals surface area contributed by atoms with E-state index < -0.39 is 6.10 Å². The van der Waals surface area contributed by atoms with Crippen molar-refractivity contribution in [2.45, 2.75) is 13.0 Å². The number of hydrogen-bond acceptors (Lipinski definition) is 4. The summed E-state index contributed by atoms with van der Waals surface area (Å²) in [5, 5.41) is 9.55. The second-order valence-electron chi connectivity index (χ2n) is 3.67. The maximum Gasteiger partial charge on any atom is 0.125 e. The van der Waals surface area contributed by atoms with Crippen LogP contribution in [-0.2, 0) is 9.47 Å². The van der Waals surface area contributed by atoms with Gasteiger partial charge in [-0.3, -0.25) is 0 Å². The molecule has 0 amide bonds. The first-order chi connectivity index (χ1) is 8.25. The quantitative estimate of drug-likeness (QED) is 0.704. The van der Waals surface area contributed by atoms with Gasteiger partial charge in [0.1, 0.15) is 12.4 Å². The van der Waals surface area contributed by atoms with Gasteiger partial charge in [-0.2, -0.15) is 0 Å². The first-order valence-electron chi connectivity index (χ1n) is 5.72. The largest absolute Gasteiger partial charge is 0.491 e. The standard InChI is InChI=1S/C13H20O4/c1-11(14)12-5-3-4-6-13(12)17-10-9-16-8-7-15-2/h3-6,11,14H,7-10H2,1-2H3/t11-/m1/s1. The lowest BCUT2D eigenvalue weighted by Crippen LogP contribution is -2.11. The van der Waals surface area contributed by atoms with Crippen molar-refractivity contribution in [3.63, 3.8) is 0 Å². The van der Waals surface area contributed by atoms with E-state index in [9.17, 15) is 5.11 Å². The molecule has 4 heteroatoms. The third-order valence-corrected chi connectivity index (χ3v) is 2.29. The maximum atomic E-state index is 9.55. The van der Waals surface area contributed by atoms with E-state index in [1.165, 1.54) is 0 Å². The van der Waals surface area contributed by atoms with Crippen LogP contribution in [0, 0.1) is 0 Å². The Labute approximate surface area is 102 Å². The van der Waals surface area contributed by atoms with E-state index in [4.69, 9.17) is 14.2 Å². The van der Waals surface area contributed by atoms with Gasteiger partial charge in [-0.15, -0.1) is 0 Å². The predicted molar refractivity (Wildman–Crippen MR) is 65.3 cm³/mol. The molecule has 17 heavy (non-hydrogen) atoms. The third-order valence-electron chi connectivity index (χ3n) is 2.29. The van der Waals surface area contributed by atoms with Crippen LogP contribution in [0.1, 0.15) is 18.6 Å². The van der Waals surface area contributed by atoms with Crippen LogP contribution < -0.4 is 4.74 Å². The van der Waals surface area contributed by atoms with Crippen molar-refractivity contribution < 1.29 is 19.3 Å². The number of aliphatic hydroxyl groups excluding tert-OH is 1. The third kappa shape index (κ3) is 5.17. The fraction of sp³-hybridized carbons (Fsp3) is 0.538. The Morgan fingerprint density at radius 3 is 2.53 bits per heavy atom. The van der Waals surface area contributed by atoms with E-state index >= 15 is 0 Å². The van der Waals surface area contributed by atoms with Crippen molar-refractivity contribution in [2.24, 2.45) is 0 Å². The molecule has 0 bridgehead atoms. The number of rotatable bonds is 8. The van der Waals surface area contributed by atoms with Gasteiger partial charge in [0.15, 0.2) is 0 Å². The minimum atomic E-state index is -0.527. The molecule has 0 aromatic heterocycles. The van der Waals surface area contributed by atoms with Crippen molar-refractivity contribution >= 4 is 0 Å².